The van der Waals surface area contributed by atoms with Crippen molar-refractivity contribution >= 4 is 22.7 Å². The number of carbonyl (C=O) groups excluding carboxylic acids is 2. The summed E-state index contributed by atoms with van der Waals surface area (Å²) in [5, 5.41) is 1.07. The molecule has 7 heteroatoms. The second kappa shape index (κ2) is 11.6. The molecule has 3 aromatic carbocycles. The molecule has 0 unspecified atom stereocenters. The number of aromatic amines is 1. The highest BCUT2D eigenvalue weighted by molar-refractivity contribution is 6.01. The average molecular weight is 566 g/mol. The summed E-state index contributed by atoms with van der Waals surface area (Å²) >= 11 is 0. The number of rotatable bonds is 10. The van der Waals surface area contributed by atoms with Gasteiger partial charge in [0.25, 0.3) is 5.91 Å². The number of carbonyl (C=O) groups is 2. The lowest BCUT2D eigenvalue weighted by molar-refractivity contribution is -0.166. The van der Waals surface area contributed by atoms with Gasteiger partial charge in [-0.3, -0.25) is 9.59 Å². The van der Waals surface area contributed by atoms with Crippen LogP contribution in [0, 0.1) is 0 Å². The van der Waals surface area contributed by atoms with Gasteiger partial charge < -0.3 is 24.3 Å². The van der Waals surface area contributed by atoms with Gasteiger partial charge in [0, 0.05) is 29.9 Å². The van der Waals surface area contributed by atoms with Crippen LogP contribution in [0.3, 0.4) is 0 Å². The van der Waals surface area contributed by atoms with Crippen LogP contribution in [0.1, 0.15) is 61.9 Å². The van der Waals surface area contributed by atoms with Gasteiger partial charge in [-0.2, -0.15) is 0 Å². The monoisotopic (exact) mass is 565 g/mol. The summed E-state index contributed by atoms with van der Waals surface area (Å²) in [6.07, 6.45) is 2.56. The number of para-hydroxylation sites is 1. The maximum atomic E-state index is 14.3. The summed E-state index contributed by atoms with van der Waals surface area (Å²) < 4.78 is 12.0. The molecule has 6 rings (SSSR count). The Kier molecular flexibility index (Phi) is 7.67. The number of benzene rings is 3. The van der Waals surface area contributed by atoms with E-state index in [1.54, 1.807) is 9.80 Å². The van der Waals surface area contributed by atoms with E-state index in [-0.39, 0.29) is 24.3 Å². The maximum absolute atomic E-state index is 14.3. The third-order valence-corrected chi connectivity index (χ3v) is 8.69. The van der Waals surface area contributed by atoms with Gasteiger partial charge in [0.2, 0.25) is 5.91 Å². The first-order chi connectivity index (χ1) is 20.5. The van der Waals surface area contributed by atoms with E-state index >= 15 is 0 Å². The molecule has 42 heavy (non-hydrogen) atoms. The molecular weight excluding hydrogens is 526 g/mol. The van der Waals surface area contributed by atoms with Crippen molar-refractivity contribution in [2.24, 2.45) is 0 Å². The topological polar surface area (TPSA) is 74.9 Å². The van der Waals surface area contributed by atoms with E-state index in [0.29, 0.717) is 32.1 Å². The van der Waals surface area contributed by atoms with Crippen molar-refractivity contribution in [1.29, 1.82) is 0 Å². The molecule has 2 atom stereocenters. The minimum absolute atomic E-state index is 0.0280. The van der Waals surface area contributed by atoms with E-state index in [1.807, 2.05) is 62.4 Å². The lowest BCUT2D eigenvalue weighted by atomic mass is 9.76. The summed E-state index contributed by atoms with van der Waals surface area (Å²) in [6, 6.07) is 24.5. The number of nitrogens with one attached hydrogen (secondary N) is 1. The maximum Gasteiger partial charge on any atom is 0.254 e. The molecule has 0 spiro atoms. The van der Waals surface area contributed by atoms with Gasteiger partial charge in [-0.15, -0.1) is 0 Å². The molecule has 0 bridgehead atoms. The van der Waals surface area contributed by atoms with Crippen LogP contribution in [0.2, 0.25) is 0 Å². The van der Waals surface area contributed by atoms with Crippen LogP contribution in [0.25, 0.3) is 10.9 Å². The molecule has 1 N–H and O–H groups in total. The molecule has 1 saturated heterocycles. The normalized spacial score (nSPS) is 20.0. The van der Waals surface area contributed by atoms with E-state index in [1.165, 1.54) is 5.56 Å². The Bertz CT molecular complexity index is 1600. The fourth-order valence-electron chi connectivity index (χ4n) is 6.62. The van der Waals surface area contributed by atoms with Gasteiger partial charge in [0.05, 0.1) is 25.5 Å². The molecule has 4 aromatic rings. The van der Waals surface area contributed by atoms with Gasteiger partial charge in [0.15, 0.2) is 17.0 Å². The summed E-state index contributed by atoms with van der Waals surface area (Å²) in [5.74, 6) is 1.23. The summed E-state index contributed by atoms with van der Waals surface area (Å²) in [6.45, 7) is 8.13. The number of hydrogen-bond acceptors (Lipinski definition) is 4. The fraction of sp³-hybridized carbons (Fsp3) is 0.371. The molecule has 7 nitrogen and oxygen atoms in total. The molecule has 1 fully saturated rings. The van der Waals surface area contributed by atoms with Crippen LogP contribution in [-0.4, -0.2) is 59.4 Å². The van der Waals surface area contributed by atoms with Crippen LogP contribution >= 0.6 is 0 Å². The number of amides is 2. The zero-order valence-corrected chi connectivity index (χ0v) is 24.7. The molecule has 2 aliphatic heterocycles. The highest BCUT2D eigenvalue weighted by Gasteiger charge is 2.56. The second-order valence-electron chi connectivity index (χ2n) is 11.4. The van der Waals surface area contributed by atoms with Crippen molar-refractivity contribution < 1.29 is 19.1 Å². The molecule has 2 aliphatic rings. The molecule has 0 saturated carbocycles. The number of piperazine rings is 1. The standard InChI is InChI=1S/C35H39N3O4/c1-4-20-42-29-18-17-25(21-30(29)41-5-2)27-22-38-31(39)23-37(19-11-14-24-12-7-6-8-13-24)34(40)35(38,3)33-32(27)26-15-9-10-16-28(26)36-33/h6-10,12-13,15-18,21,27,36H,4-5,11,14,19-20,22-23H2,1-3H3/t27-,35+/m1/s1. The van der Waals surface area contributed by atoms with Crippen LogP contribution in [0.5, 0.6) is 11.5 Å². The SMILES string of the molecule is CCCOc1ccc([C@H]2CN3C(=O)CN(CCCc4ccccc4)C(=O)[C@]3(C)c3[nH]c4ccccc4c32)cc1OCC. The lowest BCUT2D eigenvalue weighted by Gasteiger charge is -2.51. The van der Waals surface area contributed by atoms with E-state index in [9.17, 15) is 9.59 Å². The average Bonchev–Trinajstić information content (AvgIpc) is 3.41. The third-order valence-electron chi connectivity index (χ3n) is 8.69. The summed E-state index contributed by atoms with van der Waals surface area (Å²) in [4.78, 5) is 35.3. The van der Waals surface area contributed by atoms with Gasteiger partial charge in [-0.05, 0) is 68.0 Å². The Labute approximate surface area is 247 Å². The Balaban J connectivity index is 1.39. The van der Waals surface area contributed by atoms with Crippen molar-refractivity contribution in [2.45, 2.75) is 51.5 Å². The fourth-order valence-corrected chi connectivity index (χ4v) is 6.62. The number of hydrogen-bond donors (Lipinski definition) is 1. The Morgan fingerprint density at radius 2 is 1.74 bits per heavy atom. The third kappa shape index (κ3) is 4.81. The van der Waals surface area contributed by atoms with E-state index in [0.717, 1.165) is 52.7 Å². The zero-order chi connectivity index (χ0) is 29.3. The summed E-state index contributed by atoms with van der Waals surface area (Å²) in [5.41, 5.74) is 3.99. The van der Waals surface area contributed by atoms with Crippen molar-refractivity contribution in [3.63, 3.8) is 0 Å². The molecular formula is C35H39N3O4. The van der Waals surface area contributed by atoms with Crippen molar-refractivity contribution in [2.75, 3.05) is 32.8 Å². The van der Waals surface area contributed by atoms with E-state index < -0.39 is 5.54 Å². The van der Waals surface area contributed by atoms with Crippen molar-refractivity contribution in [3.8, 4) is 11.5 Å². The first kappa shape index (κ1) is 27.9. The minimum Gasteiger partial charge on any atom is -0.490 e. The molecule has 218 valence electrons. The Hall–Kier alpha value is -4.26. The molecule has 1 aromatic heterocycles. The molecule has 2 amide bonds. The quantitative estimate of drug-likeness (QED) is 0.255. The molecule has 0 aliphatic carbocycles. The zero-order valence-electron chi connectivity index (χ0n) is 24.7. The number of nitrogens with zero attached hydrogens (tertiary/aromatic N) is 2. The van der Waals surface area contributed by atoms with Crippen molar-refractivity contribution in [3.05, 3.63) is 95.2 Å². The predicted molar refractivity (Wildman–Crippen MR) is 164 cm³/mol. The first-order valence-corrected chi connectivity index (χ1v) is 15.1. The van der Waals surface area contributed by atoms with Gasteiger partial charge >= 0.3 is 0 Å². The van der Waals surface area contributed by atoms with Crippen LogP contribution in [0.15, 0.2) is 72.8 Å². The minimum atomic E-state index is -1.11. The smallest absolute Gasteiger partial charge is 0.254 e. The number of aryl methyl sites for hydroxylation is 1. The highest BCUT2D eigenvalue weighted by atomic mass is 16.5. The number of fused-ring (bicyclic) bond motifs is 5. The molecule has 0 radical (unpaired) electrons. The Morgan fingerprint density at radius 1 is 0.952 bits per heavy atom. The van der Waals surface area contributed by atoms with Gasteiger partial charge in [-0.1, -0.05) is 61.5 Å². The lowest BCUT2D eigenvalue weighted by Crippen LogP contribution is -2.67. The van der Waals surface area contributed by atoms with Gasteiger partial charge in [-0.25, -0.2) is 0 Å². The van der Waals surface area contributed by atoms with Crippen LogP contribution < -0.4 is 9.47 Å². The number of ether oxygens (including phenoxy) is 2. The van der Waals surface area contributed by atoms with E-state index in [4.69, 9.17) is 9.47 Å². The second-order valence-corrected chi connectivity index (χ2v) is 11.4. The van der Waals surface area contributed by atoms with Gasteiger partial charge in [0.1, 0.15) is 0 Å². The highest BCUT2D eigenvalue weighted by Crippen LogP contribution is 2.49. The Morgan fingerprint density at radius 3 is 2.52 bits per heavy atom. The predicted octanol–water partition coefficient (Wildman–Crippen LogP) is 6.02. The van der Waals surface area contributed by atoms with E-state index in [2.05, 4.69) is 36.2 Å². The number of aromatic nitrogens is 1. The summed E-state index contributed by atoms with van der Waals surface area (Å²) in [7, 11) is 0. The number of H-pyrrole nitrogens is 1. The van der Waals surface area contributed by atoms with Crippen molar-refractivity contribution in [1.82, 2.24) is 14.8 Å². The first-order valence-electron chi connectivity index (χ1n) is 15.1. The van der Waals surface area contributed by atoms with Crippen LogP contribution in [0.4, 0.5) is 0 Å². The molecule has 3 heterocycles. The largest absolute Gasteiger partial charge is 0.490 e. The van der Waals surface area contributed by atoms with Crippen LogP contribution in [-0.2, 0) is 21.5 Å².